The van der Waals surface area contributed by atoms with Crippen LogP contribution in [0.2, 0.25) is 0 Å². The zero-order valence-electron chi connectivity index (χ0n) is 8.24. The van der Waals surface area contributed by atoms with E-state index in [4.69, 9.17) is 0 Å². The third-order valence-corrected chi connectivity index (χ3v) is 4.57. The number of carbonyl (C=O) groups is 1. The number of anilines is 1. The number of benzene rings is 1. The molecule has 0 unspecified atom stereocenters. The van der Waals surface area contributed by atoms with Gasteiger partial charge in [0.1, 0.15) is 0 Å². The van der Waals surface area contributed by atoms with Crippen LogP contribution in [0.4, 0.5) is 10.5 Å². The molecule has 0 aromatic heterocycles. The molecule has 0 aliphatic rings. The fourth-order valence-electron chi connectivity index (χ4n) is 0.904. The highest BCUT2D eigenvalue weighted by Crippen LogP contribution is 2.34. The number of halogens is 1. The van der Waals surface area contributed by atoms with Gasteiger partial charge in [0, 0.05) is 14.2 Å². The first-order valence-electron chi connectivity index (χ1n) is 4.02. The maximum atomic E-state index is 11.0. The molecule has 1 aromatic rings. The van der Waals surface area contributed by atoms with Crippen molar-refractivity contribution in [3.8, 4) is 0 Å². The van der Waals surface area contributed by atoms with E-state index in [1.807, 2.05) is 24.5 Å². The number of hydrogen-bond donors (Lipinski definition) is 1. The topological polar surface area (TPSA) is 38.3 Å². The molecular weight excluding hydrogens is 345 g/mol. The van der Waals surface area contributed by atoms with Crippen molar-refractivity contribution in [3.63, 3.8) is 0 Å². The fourth-order valence-corrected chi connectivity index (χ4v) is 3.47. The molecule has 1 rings (SSSR count). The molecule has 1 aromatic carbocycles. The van der Waals surface area contributed by atoms with Crippen LogP contribution in [0.25, 0.3) is 0 Å². The van der Waals surface area contributed by atoms with Crippen molar-refractivity contribution in [2.45, 2.75) is 4.90 Å². The van der Waals surface area contributed by atoms with Crippen molar-refractivity contribution < 1.29 is 9.53 Å². The Morgan fingerprint density at radius 1 is 1.53 bits per heavy atom. The number of nitrogens with one attached hydrogen (secondary N) is 1. The molecule has 0 aliphatic carbocycles. The smallest absolute Gasteiger partial charge is 0.411 e. The number of carbonyl (C=O) groups excluding carboxylic acids is 1. The van der Waals surface area contributed by atoms with Crippen molar-refractivity contribution in [2.24, 2.45) is 0 Å². The Balaban J connectivity index is 2.82. The van der Waals surface area contributed by atoms with Gasteiger partial charge in [-0.2, -0.15) is 0 Å². The highest BCUT2D eigenvalue weighted by Gasteiger charge is 2.04. The summed E-state index contributed by atoms with van der Waals surface area (Å²) in [5.41, 5.74) is 0.749. The van der Waals surface area contributed by atoms with Gasteiger partial charge in [-0.1, -0.05) is 21.6 Å². The van der Waals surface area contributed by atoms with Gasteiger partial charge >= 0.3 is 6.09 Å². The maximum Gasteiger partial charge on any atom is 0.411 e. The van der Waals surface area contributed by atoms with Crippen molar-refractivity contribution in [2.75, 3.05) is 18.7 Å². The summed E-state index contributed by atoms with van der Waals surface area (Å²) in [5.74, 6) is 0. The van der Waals surface area contributed by atoms with E-state index in [2.05, 4.69) is 32.6 Å². The molecule has 15 heavy (non-hydrogen) atoms. The molecule has 3 nitrogen and oxygen atoms in total. The van der Waals surface area contributed by atoms with Gasteiger partial charge in [0.2, 0.25) is 0 Å². The van der Waals surface area contributed by atoms with Crippen LogP contribution in [0.1, 0.15) is 0 Å². The van der Waals surface area contributed by atoms with Crippen LogP contribution in [0.3, 0.4) is 0 Å². The number of rotatable bonds is 3. The summed E-state index contributed by atoms with van der Waals surface area (Å²) in [6, 6.07) is 5.74. The fraction of sp³-hybridized carbons (Fsp3) is 0.222. The van der Waals surface area contributed by atoms with Crippen LogP contribution in [0.15, 0.2) is 23.1 Å². The lowest BCUT2D eigenvalue weighted by atomic mass is 10.3. The molecule has 0 bridgehead atoms. The predicted octanol–water partition coefficient (Wildman–Crippen LogP) is 3.84. The molecular formula is C9H10INO2S2. The molecule has 0 fully saturated rings. The second kappa shape index (κ2) is 6.49. The number of hydrogen-bond acceptors (Lipinski definition) is 4. The van der Waals surface area contributed by atoms with Crippen LogP contribution in [-0.2, 0) is 4.74 Å². The minimum atomic E-state index is -0.448. The minimum Gasteiger partial charge on any atom is -0.453 e. The molecule has 0 radical (unpaired) electrons. The first-order valence-corrected chi connectivity index (χ1v) is 7.66. The third-order valence-electron chi connectivity index (χ3n) is 1.54. The molecule has 0 atom stereocenters. The average molecular weight is 355 g/mol. The van der Waals surface area contributed by atoms with E-state index in [1.54, 1.807) is 21.6 Å². The summed E-state index contributed by atoms with van der Waals surface area (Å²) in [6.45, 7) is 0. The number of methoxy groups -OCH3 is 1. The number of amides is 1. The highest BCUT2D eigenvalue weighted by atomic mass is 127. The molecule has 0 saturated carbocycles. The lowest BCUT2D eigenvalue weighted by molar-refractivity contribution is 0.187. The Morgan fingerprint density at radius 3 is 2.87 bits per heavy atom. The Morgan fingerprint density at radius 2 is 2.27 bits per heavy atom. The SMILES string of the molecule is COC(=O)Nc1ccc(I)c(SSC)c1. The largest absolute Gasteiger partial charge is 0.453 e. The van der Waals surface area contributed by atoms with E-state index < -0.39 is 6.09 Å². The van der Waals surface area contributed by atoms with Crippen molar-refractivity contribution >= 4 is 56.0 Å². The van der Waals surface area contributed by atoms with Gasteiger partial charge in [-0.15, -0.1) is 0 Å². The van der Waals surface area contributed by atoms with E-state index in [9.17, 15) is 4.79 Å². The van der Waals surface area contributed by atoms with Crippen LogP contribution >= 0.6 is 44.2 Å². The van der Waals surface area contributed by atoms with Crippen LogP contribution in [0, 0.1) is 3.57 Å². The van der Waals surface area contributed by atoms with Gasteiger partial charge < -0.3 is 4.74 Å². The zero-order valence-corrected chi connectivity index (χ0v) is 12.0. The average Bonchev–Trinajstić information content (AvgIpc) is 2.23. The molecule has 0 saturated heterocycles. The quantitative estimate of drug-likeness (QED) is 0.661. The molecule has 6 heteroatoms. The molecule has 0 heterocycles. The van der Waals surface area contributed by atoms with E-state index >= 15 is 0 Å². The first-order chi connectivity index (χ1) is 7.17. The molecule has 0 aliphatic heterocycles. The lowest BCUT2D eigenvalue weighted by Crippen LogP contribution is -2.10. The van der Waals surface area contributed by atoms with E-state index in [-0.39, 0.29) is 0 Å². The second-order valence-electron chi connectivity index (χ2n) is 2.51. The summed E-state index contributed by atoms with van der Waals surface area (Å²) in [7, 11) is 4.68. The van der Waals surface area contributed by atoms with Gasteiger partial charge in [-0.25, -0.2) is 4.79 Å². The Bertz CT molecular complexity index is 360. The second-order valence-corrected chi connectivity index (χ2v) is 6.11. The van der Waals surface area contributed by atoms with E-state index in [1.165, 1.54) is 10.7 Å². The third kappa shape index (κ3) is 4.12. The maximum absolute atomic E-state index is 11.0. The summed E-state index contributed by atoms with van der Waals surface area (Å²) in [4.78, 5) is 12.1. The van der Waals surface area contributed by atoms with Gasteiger partial charge in [-0.05, 0) is 47.0 Å². The van der Waals surface area contributed by atoms with Gasteiger partial charge in [0.25, 0.3) is 0 Å². The van der Waals surface area contributed by atoms with E-state index in [0.717, 1.165) is 10.6 Å². The standard InChI is InChI=1S/C9H10INO2S2/c1-13-9(12)11-6-3-4-7(10)8(5-6)15-14-2/h3-5H,1-2H3,(H,11,12). The van der Waals surface area contributed by atoms with Crippen LogP contribution in [-0.4, -0.2) is 19.5 Å². The van der Waals surface area contributed by atoms with Crippen LogP contribution in [0.5, 0.6) is 0 Å². The van der Waals surface area contributed by atoms with Gasteiger partial charge in [0.15, 0.2) is 0 Å². The number of ether oxygens (including phenoxy) is 1. The first kappa shape index (κ1) is 13.0. The molecule has 1 amide bonds. The predicted molar refractivity (Wildman–Crippen MR) is 74.6 cm³/mol. The summed E-state index contributed by atoms with van der Waals surface area (Å²) in [6.07, 6.45) is 1.57. The Kier molecular flexibility index (Phi) is 5.62. The molecule has 82 valence electrons. The minimum absolute atomic E-state index is 0.448. The lowest BCUT2D eigenvalue weighted by Gasteiger charge is -2.07. The van der Waals surface area contributed by atoms with Gasteiger partial charge in [0.05, 0.1) is 7.11 Å². The summed E-state index contributed by atoms with van der Waals surface area (Å²) >= 11 is 2.27. The van der Waals surface area contributed by atoms with Crippen molar-refractivity contribution in [3.05, 3.63) is 21.8 Å². The Hall–Kier alpha value is -0.0800. The van der Waals surface area contributed by atoms with E-state index in [0.29, 0.717) is 0 Å². The van der Waals surface area contributed by atoms with Crippen molar-refractivity contribution in [1.82, 2.24) is 0 Å². The summed E-state index contributed by atoms with van der Waals surface area (Å²) < 4.78 is 5.69. The highest BCUT2D eigenvalue weighted by molar-refractivity contribution is 14.1. The zero-order chi connectivity index (χ0) is 11.3. The van der Waals surface area contributed by atoms with Crippen LogP contribution < -0.4 is 5.32 Å². The molecule has 1 N–H and O–H groups in total. The molecule has 0 spiro atoms. The van der Waals surface area contributed by atoms with Crippen molar-refractivity contribution in [1.29, 1.82) is 0 Å². The monoisotopic (exact) mass is 355 g/mol. The summed E-state index contributed by atoms with van der Waals surface area (Å²) in [5, 5.41) is 2.63. The van der Waals surface area contributed by atoms with Gasteiger partial charge in [-0.3, -0.25) is 5.32 Å². The normalized spacial score (nSPS) is 9.80. The Labute approximate surface area is 110 Å².